The summed E-state index contributed by atoms with van der Waals surface area (Å²) in [6, 6.07) is 0. The molecule has 2 nitrogen and oxygen atoms in total. The van der Waals surface area contributed by atoms with E-state index in [1.807, 2.05) is 11.8 Å². The van der Waals surface area contributed by atoms with E-state index in [9.17, 15) is 4.79 Å². The van der Waals surface area contributed by atoms with Gasteiger partial charge in [0, 0.05) is 29.5 Å². The highest BCUT2D eigenvalue weighted by Gasteiger charge is 2.31. The summed E-state index contributed by atoms with van der Waals surface area (Å²) in [5, 5.41) is 1.22. The van der Waals surface area contributed by atoms with Crippen LogP contribution in [0, 0.1) is 5.92 Å². The Hall–Kier alpha value is -0.180. The maximum Gasteiger partial charge on any atom is 0.225 e. The molecule has 1 saturated heterocycles. The van der Waals surface area contributed by atoms with Crippen molar-refractivity contribution in [3.8, 4) is 0 Å². The summed E-state index contributed by atoms with van der Waals surface area (Å²) < 4.78 is 0. The van der Waals surface area contributed by atoms with Crippen molar-refractivity contribution in [1.29, 1.82) is 0 Å². The summed E-state index contributed by atoms with van der Waals surface area (Å²) in [5.74, 6) is 0.791. The number of carbonyl (C=O) groups is 1. The summed E-state index contributed by atoms with van der Waals surface area (Å²) in [6.07, 6.45) is 4.77. The molecule has 1 amide bonds. The number of thioether (sulfide) groups is 1. The fourth-order valence-corrected chi connectivity index (χ4v) is 4.11. The van der Waals surface area contributed by atoms with E-state index >= 15 is 0 Å². The van der Waals surface area contributed by atoms with Crippen molar-refractivity contribution >= 4 is 17.7 Å². The quantitative estimate of drug-likeness (QED) is 0.686. The van der Waals surface area contributed by atoms with E-state index in [1.54, 1.807) is 0 Å². The molecule has 0 aromatic heterocycles. The van der Waals surface area contributed by atoms with Gasteiger partial charge in [0.15, 0.2) is 0 Å². The third-order valence-electron chi connectivity index (χ3n) is 3.44. The van der Waals surface area contributed by atoms with Gasteiger partial charge in [-0.25, -0.2) is 0 Å². The topological polar surface area (TPSA) is 20.3 Å². The predicted octanol–water partition coefficient (Wildman–Crippen LogP) is 2.53. The molecule has 1 aliphatic carbocycles. The molecular weight excluding hydrogens is 206 g/mol. The van der Waals surface area contributed by atoms with E-state index < -0.39 is 0 Å². The molecule has 15 heavy (non-hydrogen) atoms. The van der Waals surface area contributed by atoms with Crippen LogP contribution in [0.2, 0.25) is 0 Å². The van der Waals surface area contributed by atoms with Gasteiger partial charge in [0.25, 0.3) is 0 Å². The molecule has 0 spiro atoms. The van der Waals surface area contributed by atoms with Gasteiger partial charge in [0.1, 0.15) is 0 Å². The van der Waals surface area contributed by atoms with Crippen LogP contribution in [0.4, 0.5) is 0 Å². The van der Waals surface area contributed by atoms with Gasteiger partial charge in [0.05, 0.1) is 0 Å². The first-order valence-corrected chi connectivity index (χ1v) is 7.05. The number of carbonyl (C=O) groups excluding carboxylic acids is 1. The predicted molar refractivity (Wildman–Crippen MR) is 65.1 cm³/mol. The fourth-order valence-electron chi connectivity index (χ4n) is 2.79. The Morgan fingerprint density at radius 2 is 1.67 bits per heavy atom. The van der Waals surface area contributed by atoms with Crippen LogP contribution in [-0.4, -0.2) is 34.4 Å². The Bertz CT molecular complexity index is 228. The zero-order valence-corrected chi connectivity index (χ0v) is 10.6. The first-order valence-electron chi connectivity index (χ1n) is 6.11. The molecule has 0 aromatic rings. The molecule has 2 atom stereocenters. The van der Waals surface area contributed by atoms with Crippen molar-refractivity contribution in [3.63, 3.8) is 0 Å². The first-order chi connectivity index (χ1) is 7.16. The third kappa shape index (κ3) is 2.68. The average molecular weight is 227 g/mol. The van der Waals surface area contributed by atoms with Crippen LogP contribution in [-0.2, 0) is 4.79 Å². The van der Waals surface area contributed by atoms with Crippen LogP contribution in [0.3, 0.4) is 0 Å². The van der Waals surface area contributed by atoms with Crippen molar-refractivity contribution in [1.82, 2.24) is 4.90 Å². The second-order valence-electron chi connectivity index (χ2n) is 4.98. The van der Waals surface area contributed by atoms with E-state index in [0.29, 0.717) is 22.3 Å². The lowest BCUT2D eigenvalue weighted by molar-refractivity contribution is -0.135. The summed E-state index contributed by atoms with van der Waals surface area (Å²) in [7, 11) is 0. The maximum atomic E-state index is 12.2. The van der Waals surface area contributed by atoms with Crippen LogP contribution in [0.25, 0.3) is 0 Å². The lowest BCUT2D eigenvalue weighted by atomic mass is 10.1. The van der Waals surface area contributed by atoms with Gasteiger partial charge in [-0.15, -0.1) is 0 Å². The van der Waals surface area contributed by atoms with Gasteiger partial charge in [-0.2, -0.15) is 11.8 Å². The molecule has 2 fully saturated rings. The normalized spacial score (nSPS) is 33.3. The Balaban J connectivity index is 1.93. The molecule has 2 unspecified atom stereocenters. The second-order valence-corrected chi connectivity index (χ2v) is 6.86. The third-order valence-corrected chi connectivity index (χ3v) is 4.66. The highest BCUT2D eigenvalue weighted by molar-refractivity contribution is 8.00. The Morgan fingerprint density at radius 1 is 1.13 bits per heavy atom. The van der Waals surface area contributed by atoms with E-state index in [2.05, 4.69) is 18.7 Å². The van der Waals surface area contributed by atoms with Crippen molar-refractivity contribution in [2.24, 2.45) is 5.92 Å². The summed E-state index contributed by atoms with van der Waals surface area (Å²) in [5.41, 5.74) is 0. The smallest absolute Gasteiger partial charge is 0.225 e. The molecule has 2 aliphatic rings. The Kier molecular flexibility index (Phi) is 3.60. The van der Waals surface area contributed by atoms with Crippen LogP contribution in [0.5, 0.6) is 0 Å². The minimum absolute atomic E-state index is 0.354. The monoisotopic (exact) mass is 227 g/mol. The molecular formula is C12H21NOS. The standard InChI is InChI=1S/C12H21NOS/c1-9-7-13(8-10(2)15-9)12(14)11-5-3-4-6-11/h9-11H,3-8H2,1-2H3. The minimum atomic E-state index is 0.354. The number of hydrogen-bond acceptors (Lipinski definition) is 2. The summed E-state index contributed by atoms with van der Waals surface area (Å²) >= 11 is 2.01. The highest BCUT2D eigenvalue weighted by Crippen LogP contribution is 2.30. The average Bonchev–Trinajstić information content (AvgIpc) is 2.67. The molecule has 0 N–H and O–H groups in total. The second kappa shape index (κ2) is 4.77. The molecule has 3 heteroatoms. The number of rotatable bonds is 1. The largest absolute Gasteiger partial charge is 0.340 e. The SMILES string of the molecule is CC1CN(C(=O)C2CCCC2)CC(C)S1. The van der Waals surface area contributed by atoms with Gasteiger partial charge in [-0.3, -0.25) is 4.79 Å². The van der Waals surface area contributed by atoms with E-state index in [0.717, 1.165) is 25.9 Å². The Morgan fingerprint density at radius 3 is 2.20 bits per heavy atom. The van der Waals surface area contributed by atoms with E-state index in [-0.39, 0.29) is 0 Å². The lowest BCUT2D eigenvalue weighted by Gasteiger charge is -2.36. The van der Waals surface area contributed by atoms with Crippen molar-refractivity contribution in [2.45, 2.75) is 50.0 Å². The Labute approximate surface area is 96.8 Å². The number of hydrogen-bond donors (Lipinski definition) is 0. The first kappa shape index (κ1) is 11.3. The van der Waals surface area contributed by atoms with Gasteiger partial charge in [0.2, 0.25) is 5.91 Å². The minimum Gasteiger partial charge on any atom is -0.340 e. The molecule has 0 bridgehead atoms. The van der Waals surface area contributed by atoms with Crippen LogP contribution in [0.15, 0.2) is 0 Å². The summed E-state index contributed by atoms with van der Waals surface area (Å²) in [6.45, 7) is 6.39. The van der Waals surface area contributed by atoms with Gasteiger partial charge in [-0.05, 0) is 12.8 Å². The molecule has 1 saturated carbocycles. The molecule has 86 valence electrons. The number of nitrogens with zero attached hydrogens (tertiary/aromatic N) is 1. The van der Waals surface area contributed by atoms with Crippen LogP contribution >= 0.6 is 11.8 Å². The zero-order chi connectivity index (χ0) is 10.8. The fraction of sp³-hybridized carbons (Fsp3) is 0.917. The molecule has 0 aromatic carbocycles. The van der Waals surface area contributed by atoms with Gasteiger partial charge >= 0.3 is 0 Å². The van der Waals surface area contributed by atoms with E-state index in [1.165, 1.54) is 12.8 Å². The molecule has 1 heterocycles. The van der Waals surface area contributed by atoms with Gasteiger partial charge in [-0.1, -0.05) is 26.7 Å². The van der Waals surface area contributed by atoms with Crippen molar-refractivity contribution in [3.05, 3.63) is 0 Å². The van der Waals surface area contributed by atoms with Crippen LogP contribution in [0.1, 0.15) is 39.5 Å². The van der Waals surface area contributed by atoms with Crippen molar-refractivity contribution in [2.75, 3.05) is 13.1 Å². The van der Waals surface area contributed by atoms with Gasteiger partial charge < -0.3 is 4.90 Å². The maximum absolute atomic E-state index is 12.2. The molecule has 1 aliphatic heterocycles. The molecule has 2 rings (SSSR count). The number of amides is 1. The van der Waals surface area contributed by atoms with Crippen molar-refractivity contribution < 1.29 is 4.79 Å². The van der Waals surface area contributed by atoms with Crippen LogP contribution < -0.4 is 0 Å². The summed E-state index contributed by atoms with van der Waals surface area (Å²) in [4.78, 5) is 14.3. The van der Waals surface area contributed by atoms with E-state index in [4.69, 9.17) is 0 Å². The highest BCUT2D eigenvalue weighted by atomic mass is 32.2. The lowest BCUT2D eigenvalue weighted by Crippen LogP contribution is -2.46. The zero-order valence-electron chi connectivity index (χ0n) is 9.74. The molecule has 0 radical (unpaired) electrons.